The molecule has 0 unspecified atom stereocenters. The third kappa shape index (κ3) is 22.1. The predicted octanol–water partition coefficient (Wildman–Crippen LogP) is 10.3. The van der Waals surface area contributed by atoms with Gasteiger partial charge in [0.15, 0.2) is 6.20 Å². The van der Waals surface area contributed by atoms with Gasteiger partial charge in [0.2, 0.25) is 5.69 Å². The molecule has 2 aromatic carbocycles. The summed E-state index contributed by atoms with van der Waals surface area (Å²) in [6.45, 7) is 19.0. The summed E-state index contributed by atoms with van der Waals surface area (Å²) in [5.74, 6) is 6.77. The van der Waals surface area contributed by atoms with Gasteiger partial charge >= 0.3 is 0 Å². The third-order valence-electron chi connectivity index (χ3n) is 12.9. The number of ether oxygens (including phenoxy) is 6. The molecule has 0 saturated carbocycles. The minimum atomic E-state index is 0.698. The lowest BCUT2D eigenvalue weighted by atomic mass is 10.1. The number of methoxy groups -OCH3 is 6. The summed E-state index contributed by atoms with van der Waals surface area (Å²) in [7, 11) is 16.4. The predicted molar refractivity (Wildman–Crippen MR) is 302 cm³/mol. The minimum absolute atomic E-state index is 0.698. The van der Waals surface area contributed by atoms with Crippen LogP contribution in [0.1, 0.15) is 82.0 Å². The largest absolute Gasteiger partial charge is 0.496 e. The van der Waals surface area contributed by atoms with E-state index in [4.69, 9.17) is 28.4 Å². The van der Waals surface area contributed by atoms with Crippen molar-refractivity contribution in [2.24, 2.45) is 0 Å². The van der Waals surface area contributed by atoms with Crippen molar-refractivity contribution in [1.29, 1.82) is 0 Å². The number of likely N-dealkylation sites (N-methyl/N-ethyl adjacent to an activating group) is 2. The molecular weight excluding hydrogens is 929 g/mol. The van der Waals surface area contributed by atoms with E-state index >= 15 is 0 Å². The molecule has 14 heteroatoms. The number of nitrogens with one attached hydrogen (secondary N) is 1. The Labute approximate surface area is 437 Å². The van der Waals surface area contributed by atoms with Crippen LogP contribution in [0.4, 0.5) is 0 Å². The normalized spacial score (nSPS) is 13.9. The molecule has 1 N–H and O–H groups in total. The summed E-state index contributed by atoms with van der Waals surface area (Å²) in [4.78, 5) is 10.4. The Kier molecular flexibility index (Phi) is 29.8. The van der Waals surface area contributed by atoms with Crippen LogP contribution in [0.25, 0.3) is 18.2 Å². The smallest absolute Gasteiger partial charge is 0.205 e. The molecule has 3 aromatic rings. The Morgan fingerprint density at radius 3 is 1.77 bits per heavy atom. The van der Waals surface area contributed by atoms with Gasteiger partial charge in [0, 0.05) is 112 Å². The van der Waals surface area contributed by atoms with E-state index in [9.17, 15) is 0 Å². The monoisotopic (exact) mass is 1020 g/mol. The maximum Gasteiger partial charge on any atom is 0.205 e. The van der Waals surface area contributed by atoms with Gasteiger partial charge in [0.05, 0.1) is 53.8 Å². The van der Waals surface area contributed by atoms with Crippen molar-refractivity contribution in [2.45, 2.75) is 71.8 Å². The van der Waals surface area contributed by atoms with Crippen LogP contribution in [0.2, 0.25) is 0 Å². The van der Waals surface area contributed by atoms with Gasteiger partial charge in [-0.2, -0.15) is 4.57 Å². The number of pyridine rings is 1. The first-order chi connectivity index (χ1) is 34.8. The highest BCUT2D eigenvalue weighted by molar-refractivity contribution is 8.76. The van der Waals surface area contributed by atoms with Crippen LogP contribution in [0.3, 0.4) is 0 Å². The molecule has 1 saturated heterocycles. The van der Waals surface area contributed by atoms with Crippen LogP contribution in [-0.4, -0.2) is 159 Å². The van der Waals surface area contributed by atoms with Gasteiger partial charge < -0.3 is 53.3 Å². The first-order valence-electron chi connectivity index (χ1n) is 25.9. The number of hydrogen-bond donors (Lipinski definition) is 1. The molecule has 4 rings (SSSR count). The van der Waals surface area contributed by atoms with Gasteiger partial charge in [0.25, 0.3) is 0 Å². The molecule has 0 spiro atoms. The molecule has 0 aliphatic carbocycles. The van der Waals surface area contributed by atoms with Gasteiger partial charge in [-0.05, 0) is 122 Å². The minimum Gasteiger partial charge on any atom is -0.496 e. The van der Waals surface area contributed by atoms with E-state index in [2.05, 4.69) is 120 Å². The number of benzene rings is 2. The van der Waals surface area contributed by atoms with Crippen molar-refractivity contribution < 1.29 is 33.0 Å². The number of nitrogens with zero attached hydrogens (tertiary/aromatic N) is 5. The SMILES string of the molecule is C\C=C/C=C(/C=C/c1c(OC)cc(OC)cc1OC)NCCCCN(CC)CCN(C)CCCCSSCCCCN1CCN(CCCC[n+]2ccccc2/C=C/c2c(OC)cc(OC)cc2OC)CC1. The van der Waals surface area contributed by atoms with Crippen molar-refractivity contribution >= 4 is 39.8 Å². The van der Waals surface area contributed by atoms with Gasteiger partial charge in [-0.25, -0.2) is 0 Å². The third-order valence-corrected chi connectivity index (χ3v) is 15.5. The molecular formula is C57H89N6O6S2+. The lowest BCUT2D eigenvalue weighted by Gasteiger charge is -2.34. The molecule has 0 radical (unpaired) electrons. The molecule has 1 aliphatic heterocycles. The number of unbranched alkanes of at least 4 members (excludes halogenated alkanes) is 4. The highest BCUT2D eigenvalue weighted by Gasteiger charge is 2.18. The molecule has 0 amide bonds. The molecule has 1 aromatic heterocycles. The average molecular weight is 1020 g/mol. The van der Waals surface area contributed by atoms with E-state index in [0.29, 0.717) is 23.0 Å². The quantitative estimate of drug-likeness (QED) is 0.0258. The summed E-state index contributed by atoms with van der Waals surface area (Å²) in [5, 5.41) is 3.62. The Hall–Kier alpha value is -4.31. The lowest BCUT2D eigenvalue weighted by Crippen LogP contribution is -2.46. The highest BCUT2D eigenvalue weighted by atomic mass is 33.1. The van der Waals surface area contributed by atoms with E-state index in [0.717, 1.165) is 92.5 Å². The fraction of sp³-hybridized carbons (Fsp3) is 0.561. The van der Waals surface area contributed by atoms with E-state index < -0.39 is 0 Å². The van der Waals surface area contributed by atoms with Crippen LogP contribution in [-0.2, 0) is 6.54 Å². The van der Waals surface area contributed by atoms with Gasteiger partial charge in [-0.3, -0.25) is 0 Å². The van der Waals surface area contributed by atoms with E-state index in [1.54, 1.807) is 42.7 Å². The number of aromatic nitrogens is 1. The zero-order valence-electron chi connectivity index (χ0n) is 44.9. The van der Waals surface area contributed by atoms with Crippen molar-refractivity contribution in [3.05, 3.63) is 95.5 Å². The average Bonchev–Trinajstić information content (AvgIpc) is 3.40. The second-order valence-electron chi connectivity index (χ2n) is 17.8. The zero-order chi connectivity index (χ0) is 50.9. The fourth-order valence-corrected chi connectivity index (χ4v) is 10.8. The topological polar surface area (TPSA) is 84.3 Å². The van der Waals surface area contributed by atoms with E-state index in [1.165, 1.54) is 89.4 Å². The zero-order valence-corrected chi connectivity index (χ0v) is 46.6. The lowest BCUT2D eigenvalue weighted by molar-refractivity contribution is -0.699. The molecule has 12 nitrogen and oxygen atoms in total. The first-order valence-corrected chi connectivity index (χ1v) is 28.4. The van der Waals surface area contributed by atoms with Crippen molar-refractivity contribution in [3.8, 4) is 34.5 Å². The number of rotatable bonds is 37. The van der Waals surface area contributed by atoms with Gasteiger partial charge in [-0.1, -0.05) is 40.7 Å². The van der Waals surface area contributed by atoms with Crippen LogP contribution in [0.15, 0.2) is 78.7 Å². The molecule has 394 valence electrons. The molecule has 2 heterocycles. The van der Waals surface area contributed by atoms with E-state index in [1.807, 2.05) is 43.3 Å². The first kappa shape index (κ1) is 59.3. The molecule has 1 fully saturated rings. The van der Waals surface area contributed by atoms with Crippen LogP contribution in [0.5, 0.6) is 34.5 Å². The van der Waals surface area contributed by atoms with Crippen LogP contribution in [0, 0.1) is 0 Å². The summed E-state index contributed by atoms with van der Waals surface area (Å²) in [6, 6.07) is 13.9. The van der Waals surface area contributed by atoms with Crippen molar-refractivity contribution in [3.63, 3.8) is 0 Å². The molecule has 71 heavy (non-hydrogen) atoms. The van der Waals surface area contributed by atoms with Crippen molar-refractivity contribution in [1.82, 2.24) is 24.9 Å². The maximum atomic E-state index is 5.65. The second kappa shape index (κ2) is 35.7. The second-order valence-corrected chi connectivity index (χ2v) is 20.5. The van der Waals surface area contributed by atoms with Crippen LogP contribution >= 0.6 is 21.6 Å². The maximum absolute atomic E-state index is 5.65. The fourth-order valence-electron chi connectivity index (χ4n) is 8.51. The number of allylic oxidation sites excluding steroid dienone is 4. The summed E-state index contributed by atoms with van der Waals surface area (Å²) in [5.41, 5.74) is 3.97. The van der Waals surface area contributed by atoms with Crippen LogP contribution < -0.4 is 38.3 Å². The Bertz CT molecular complexity index is 2010. The molecule has 0 bridgehead atoms. The summed E-state index contributed by atoms with van der Waals surface area (Å²) >= 11 is 0. The molecule has 0 atom stereocenters. The van der Waals surface area contributed by atoms with E-state index in [-0.39, 0.29) is 0 Å². The Morgan fingerprint density at radius 2 is 1.21 bits per heavy atom. The molecule has 1 aliphatic rings. The standard InChI is InChI=1S/C57H89N6O6S2/c1-10-12-23-48(25-27-52-54(66-6)44-50(64-4)45-55(52)67-7)58-29-14-16-31-60(11-2)37-36-59(3)30-19-21-42-70-71-43-22-20-33-62-40-38-61(39-41-62)32-17-18-35-63-34-15-13-24-49(63)26-28-53-56(68-8)46-51(65-5)47-57(53)69-9/h10,12-13,15,23-28,34,44-47,58H,11,14,16-22,29-33,35-43H2,1-9H3/q+1/b12-10-,27-25+,28-26+,48-23-. The van der Waals surface area contributed by atoms with Gasteiger partial charge in [0.1, 0.15) is 41.0 Å². The summed E-state index contributed by atoms with van der Waals surface area (Å²) < 4.78 is 35.7. The Morgan fingerprint density at radius 1 is 0.648 bits per heavy atom. The number of aryl methyl sites for hydroxylation is 1. The Balaban J connectivity index is 0.980. The highest BCUT2D eigenvalue weighted by Crippen LogP contribution is 2.36. The van der Waals surface area contributed by atoms with Gasteiger partial charge in [-0.15, -0.1) is 0 Å². The van der Waals surface area contributed by atoms with Crippen molar-refractivity contribution in [2.75, 3.05) is 140 Å². The summed E-state index contributed by atoms with van der Waals surface area (Å²) in [6.07, 6.45) is 26.5. The number of piperazine rings is 1. The number of hydrogen-bond acceptors (Lipinski definition) is 13.